The summed E-state index contributed by atoms with van der Waals surface area (Å²) in [6, 6.07) is 9.76. The van der Waals surface area contributed by atoms with Crippen molar-refractivity contribution in [2.75, 3.05) is 0 Å². The zero-order valence-electron chi connectivity index (χ0n) is 16.8. The monoisotopic (exact) mass is 391 g/mol. The zero-order chi connectivity index (χ0) is 20.4. The summed E-state index contributed by atoms with van der Waals surface area (Å²) in [6.07, 6.45) is 6.28. The molecule has 3 aromatic heterocycles. The number of aliphatic hydroxyl groups excluding tert-OH is 1. The maximum absolute atomic E-state index is 9.48. The fraction of sp³-hybridized carbons (Fsp3) is 0.318. The second-order valence-corrected chi connectivity index (χ2v) is 7.49. The van der Waals surface area contributed by atoms with Crippen LogP contribution in [0.25, 0.3) is 33.7 Å². The number of aliphatic hydroxyl groups is 1. The van der Waals surface area contributed by atoms with Gasteiger partial charge in [-0.3, -0.25) is 5.10 Å². The smallest absolute Gasteiger partial charge is 0.181 e. The molecule has 3 heterocycles. The van der Waals surface area contributed by atoms with Crippen LogP contribution in [0.3, 0.4) is 0 Å². The Bertz CT molecular complexity index is 1110. The molecule has 0 saturated carbocycles. The molecular formula is C22H25N5O2. The predicted octanol–water partition coefficient (Wildman–Crippen LogP) is 4.05. The molecule has 7 nitrogen and oxygen atoms in total. The average Bonchev–Trinajstić information content (AvgIpc) is 3.33. The third-order valence-electron chi connectivity index (χ3n) is 4.62. The van der Waals surface area contributed by atoms with Gasteiger partial charge >= 0.3 is 0 Å². The summed E-state index contributed by atoms with van der Waals surface area (Å²) in [4.78, 5) is 9.18. The van der Waals surface area contributed by atoms with Gasteiger partial charge in [0.2, 0.25) is 0 Å². The van der Waals surface area contributed by atoms with Gasteiger partial charge in [-0.05, 0) is 57.5 Å². The van der Waals surface area contributed by atoms with Crippen LogP contribution >= 0.6 is 0 Å². The van der Waals surface area contributed by atoms with Crippen LogP contribution in [-0.4, -0.2) is 42.0 Å². The van der Waals surface area contributed by atoms with Crippen LogP contribution in [0.1, 0.15) is 27.2 Å². The number of nitrogens with one attached hydrogen (secondary N) is 1. The lowest BCUT2D eigenvalue weighted by molar-refractivity contribution is 0.178. The molecule has 2 N–H and O–H groups in total. The molecule has 0 spiro atoms. The number of H-pyrrole nitrogens is 1. The zero-order valence-corrected chi connectivity index (χ0v) is 16.8. The van der Waals surface area contributed by atoms with Crippen molar-refractivity contribution in [2.24, 2.45) is 0 Å². The van der Waals surface area contributed by atoms with Crippen molar-refractivity contribution in [3.63, 3.8) is 0 Å². The molecule has 0 bridgehead atoms. The minimum Gasteiger partial charge on any atom is -0.491 e. The quantitative estimate of drug-likeness (QED) is 0.496. The second-order valence-electron chi connectivity index (χ2n) is 7.49. The van der Waals surface area contributed by atoms with Crippen LogP contribution in [0.15, 0.2) is 48.9 Å². The van der Waals surface area contributed by atoms with E-state index in [1.807, 2.05) is 56.6 Å². The van der Waals surface area contributed by atoms with Crippen LogP contribution in [0.2, 0.25) is 0 Å². The largest absolute Gasteiger partial charge is 0.491 e. The molecule has 7 heteroatoms. The van der Waals surface area contributed by atoms with Crippen LogP contribution in [0.5, 0.6) is 5.75 Å². The fourth-order valence-corrected chi connectivity index (χ4v) is 3.21. The molecule has 0 aliphatic carbocycles. The highest BCUT2D eigenvalue weighted by Gasteiger charge is 2.14. The Morgan fingerprint density at radius 1 is 1.17 bits per heavy atom. The first-order valence-electron chi connectivity index (χ1n) is 9.82. The van der Waals surface area contributed by atoms with Crippen LogP contribution < -0.4 is 4.74 Å². The molecule has 1 atom stereocenters. The minimum atomic E-state index is -0.316. The number of aromatic amines is 1. The Hall–Kier alpha value is -3.19. The van der Waals surface area contributed by atoms with Gasteiger partial charge in [-0.25, -0.2) is 9.97 Å². The maximum atomic E-state index is 9.48. The molecule has 1 aromatic carbocycles. The maximum Gasteiger partial charge on any atom is 0.181 e. The number of aromatic nitrogens is 5. The van der Waals surface area contributed by atoms with Crippen molar-refractivity contribution in [1.29, 1.82) is 0 Å². The van der Waals surface area contributed by atoms with Gasteiger partial charge in [-0.1, -0.05) is 0 Å². The standard InChI is InChI=1S/C22H25N5O2/c1-14(2)29-17-4-5-20-18(12-17)21(26-25-20)22-23-9-6-19(24-22)16-8-11-27(13-16)10-7-15(3)28/h4-6,8-9,11-15,28H,7,10H2,1-3H3,(H,25,26). The highest BCUT2D eigenvalue weighted by molar-refractivity contribution is 5.92. The van der Waals surface area contributed by atoms with Gasteiger partial charge in [-0.2, -0.15) is 5.10 Å². The lowest BCUT2D eigenvalue weighted by Crippen LogP contribution is -2.05. The van der Waals surface area contributed by atoms with Gasteiger partial charge in [-0.15, -0.1) is 0 Å². The van der Waals surface area contributed by atoms with E-state index < -0.39 is 0 Å². The first-order valence-corrected chi connectivity index (χ1v) is 9.82. The van der Waals surface area contributed by atoms with Crippen molar-refractivity contribution in [3.05, 3.63) is 48.9 Å². The Kier molecular flexibility index (Phi) is 5.31. The molecule has 0 saturated heterocycles. The summed E-state index contributed by atoms with van der Waals surface area (Å²) in [5.41, 5.74) is 3.44. The summed E-state index contributed by atoms with van der Waals surface area (Å²) in [7, 11) is 0. The molecule has 4 aromatic rings. The third kappa shape index (κ3) is 4.30. The van der Waals surface area contributed by atoms with Gasteiger partial charge in [0.15, 0.2) is 5.82 Å². The summed E-state index contributed by atoms with van der Waals surface area (Å²) in [6.45, 7) is 6.56. The van der Waals surface area contributed by atoms with Crippen LogP contribution in [0.4, 0.5) is 0 Å². The van der Waals surface area contributed by atoms with Gasteiger partial charge in [0.1, 0.15) is 11.4 Å². The van der Waals surface area contributed by atoms with Crippen molar-refractivity contribution < 1.29 is 9.84 Å². The van der Waals surface area contributed by atoms with E-state index in [0.29, 0.717) is 17.9 Å². The Labute approximate surface area is 169 Å². The number of aryl methyl sites for hydroxylation is 1. The number of benzene rings is 1. The summed E-state index contributed by atoms with van der Waals surface area (Å²) in [5, 5.41) is 17.9. The first-order chi connectivity index (χ1) is 14.0. The summed E-state index contributed by atoms with van der Waals surface area (Å²) in [5.74, 6) is 1.36. The number of hydrogen-bond donors (Lipinski definition) is 2. The Balaban J connectivity index is 1.65. The number of fused-ring (bicyclic) bond motifs is 1. The van der Waals surface area contributed by atoms with Crippen molar-refractivity contribution in [2.45, 2.75) is 45.9 Å². The number of rotatable bonds is 7. The minimum absolute atomic E-state index is 0.0974. The molecule has 1 unspecified atom stereocenters. The predicted molar refractivity (Wildman–Crippen MR) is 113 cm³/mol. The topological polar surface area (TPSA) is 88.8 Å². The van der Waals surface area contributed by atoms with E-state index in [4.69, 9.17) is 9.72 Å². The highest BCUT2D eigenvalue weighted by atomic mass is 16.5. The second kappa shape index (κ2) is 8.05. The molecule has 0 aliphatic heterocycles. The van der Waals surface area contributed by atoms with Crippen LogP contribution in [0, 0.1) is 0 Å². The van der Waals surface area contributed by atoms with Crippen molar-refractivity contribution in [1.82, 2.24) is 24.7 Å². The molecule has 4 rings (SSSR count). The number of hydrogen-bond acceptors (Lipinski definition) is 5. The van der Waals surface area contributed by atoms with Gasteiger partial charge in [0.05, 0.1) is 23.4 Å². The Morgan fingerprint density at radius 3 is 2.83 bits per heavy atom. The first kappa shape index (κ1) is 19.1. The fourth-order valence-electron chi connectivity index (χ4n) is 3.21. The molecule has 0 radical (unpaired) electrons. The number of ether oxygens (including phenoxy) is 1. The molecule has 0 aliphatic rings. The molecule has 0 amide bonds. The van der Waals surface area contributed by atoms with E-state index >= 15 is 0 Å². The SMILES string of the molecule is CC(O)CCn1ccc(-c2ccnc(-c3n[nH]c4ccc(OC(C)C)cc34)n2)c1. The van der Waals surface area contributed by atoms with E-state index in [9.17, 15) is 5.11 Å². The molecule has 0 fully saturated rings. The van der Waals surface area contributed by atoms with E-state index in [1.54, 1.807) is 13.1 Å². The van der Waals surface area contributed by atoms with Crippen molar-refractivity contribution in [3.8, 4) is 28.5 Å². The van der Waals surface area contributed by atoms with Gasteiger partial charge in [0.25, 0.3) is 0 Å². The summed E-state index contributed by atoms with van der Waals surface area (Å²) < 4.78 is 7.87. The van der Waals surface area contributed by atoms with Crippen LogP contribution in [-0.2, 0) is 6.54 Å². The van der Waals surface area contributed by atoms with E-state index in [1.165, 1.54) is 0 Å². The molecule has 150 valence electrons. The van der Waals surface area contributed by atoms with E-state index in [2.05, 4.69) is 19.7 Å². The number of nitrogens with zero attached hydrogens (tertiary/aromatic N) is 4. The normalized spacial score (nSPS) is 12.6. The van der Waals surface area contributed by atoms with E-state index in [-0.39, 0.29) is 12.2 Å². The molecule has 29 heavy (non-hydrogen) atoms. The van der Waals surface area contributed by atoms with Crippen molar-refractivity contribution >= 4 is 10.9 Å². The van der Waals surface area contributed by atoms with E-state index in [0.717, 1.165) is 34.5 Å². The van der Waals surface area contributed by atoms with Gasteiger partial charge in [0, 0.05) is 36.1 Å². The highest BCUT2D eigenvalue weighted by Crippen LogP contribution is 2.29. The lowest BCUT2D eigenvalue weighted by Gasteiger charge is -2.09. The molecular weight excluding hydrogens is 366 g/mol. The van der Waals surface area contributed by atoms with Gasteiger partial charge < -0.3 is 14.4 Å². The lowest BCUT2D eigenvalue weighted by atomic mass is 10.2. The third-order valence-corrected chi connectivity index (χ3v) is 4.62. The summed E-state index contributed by atoms with van der Waals surface area (Å²) >= 11 is 0. The average molecular weight is 391 g/mol. The Morgan fingerprint density at radius 2 is 2.03 bits per heavy atom.